The second-order valence-electron chi connectivity index (χ2n) is 12.3. The zero-order chi connectivity index (χ0) is 37.7. The summed E-state index contributed by atoms with van der Waals surface area (Å²) in [5.74, 6) is -2.37. The summed E-state index contributed by atoms with van der Waals surface area (Å²) >= 11 is 1.48. The van der Waals surface area contributed by atoms with Crippen LogP contribution < -0.4 is 25.8 Å². The fourth-order valence-corrected chi connectivity index (χ4v) is 6.69. The third kappa shape index (κ3) is 10.3. The molecule has 0 bridgehead atoms. The number of amides is 3. The number of carbonyl (C=O) groups is 3. The average molecular weight is 756 g/mol. The second-order valence-corrected chi connectivity index (χ2v) is 13.2. The molecule has 0 saturated carbocycles. The molecule has 284 valence electrons. The smallest absolute Gasteiger partial charge is 0.277 e. The summed E-state index contributed by atoms with van der Waals surface area (Å²) in [6, 6.07) is 7.63. The lowest BCUT2D eigenvalue weighted by atomic mass is 10.1. The van der Waals surface area contributed by atoms with E-state index in [0.29, 0.717) is 54.7 Å². The molecule has 0 aliphatic carbocycles. The van der Waals surface area contributed by atoms with Gasteiger partial charge in [0.1, 0.15) is 5.52 Å². The molecule has 2 aliphatic rings. The molecule has 18 heteroatoms. The van der Waals surface area contributed by atoms with Crippen LogP contribution in [0.15, 0.2) is 40.5 Å². The van der Waals surface area contributed by atoms with Gasteiger partial charge in [-0.2, -0.15) is 4.39 Å². The van der Waals surface area contributed by atoms with E-state index in [0.717, 1.165) is 69.1 Å². The number of hydrogen-bond donors (Lipinski definition) is 2. The van der Waals surface area contributed by atoms with Gasteiger partial charge in [0.25, 0.3) is 5.56 Å². The molecule has 53 heavy (non-hydrogen) atoms. The van der Waals surface area contributed by atoms with Crippen molar-refractivity contribution in [1.29, 1.82) is 0 Å². The van der Waals surface area contributed by atoms with Crippen LogP contribution in [-0.4, -0.2) is 121 Å². The van der Waals surface area contributed by atoms with Crippen LogP contribution in [-0.2, 0) is 19.1 Å². The molecule has 4 aromatic rings. The predicted octanol–water partition coefficient (Wildman–Crippen LogP) is 2.91. The molecule has 2 fully saturated rings. The van der Waals surface area contributed by atoms with Crippen molar-refractivity contribution in [2.45, 2.75) is 32.7 Å². The quantitative estimate of drug-likeness (QED) is 0.181. The largest absolute Gasteiger partial charge is 0.490 e. The number of nitrogens with one attached hydrogen (secondary N) is 2. The monoisotopic (exact) mass is 755 g/mol. The number of hydrogen-bond acceptors (Lipinski definition) is 13. The van der Waals surface area contributed by atoms with E-state index in [-0.39, 0.29) is 30.4 Å². The summed E-state index contributed by atoms with van der Waals surface area (Å²) in [6.07, 6.45) is 1.69. The Labute approximate surface area is 308 Å². The van der Waals surface area contributed by atoms with Gasteiger partial charge in [0, 0.05) is 75.4 Å². The first-order valence-corrected chi connectivity index (χ1v) is 18.3. The van der Waals surface area contributed by atoms with Crippen molar-refractivity contribution in [1.82, 2.24) is 35.1 Å². The number of ether oxygens (including phenoxy) is 2. The van der Waals surface area contributed by atoms with Gasteiger partial charge in [-0.25, -0.2) is 14.1 Å². The predicted molar refractivity (Wildman–Crippen MR) is 196 cm³/mol. The first kappa shape index (κ1) is 39.1. The molecule has 2 N–H and O–H groups in total. The molecular formula is C35H43F2N9O6S. The number of halogens is 2. The van der Waals surface area contributed by atoms with Crippen molar-refractivity contribution >= 4 is 51.8 Å². The molecule has 0 spiro atoms. The van der Waals surface area contributed by atoms with Crippen LogP contribution in [0.5, 0.6) is 5.75 Å². The standard InChI is InChI=1S/C20H27N7O4.C15H16F2N2O2S/c1-15(2-5-19(30)22-13-28)27-20(31)17-12-16(3-4-18(17)23-24-27)21-6-7-25-8-10-26(14-29)11-9-25;1-2-21-14-10(3-4-11(16)13(14)17)12-9-22-15(18-12)19-5-7-20-8-6-19/h3-4,12-15,21H,2,5-11H2,1H3,(H,22,28,30);3-4,9H,2,5-8H2,1H3. The molecule has 2 aliphatic heterocycles. The summed E-state index contributed by atoms with van der Waals surface area (Å²) < 4.78 is 39.2. The Balaban J connectivity index is 0.000000216. The Hall–Kier alpha value is -5.07. The van der Waals surface area contributed by atoms with Crippen molar-refractivity contribution < 1.29 is 32.6 Å². The van der Waals surface area contributed by atoms with Gasteiger partial charge in [-0.05, 0) is 50.6 Å². The molecule has 0 radical (unpaired) electrons. The molecule has 2 aromatic carbocycles. The van der Waals surface area contributed by atoms with Crippen LogP contribution >= 0.6 is 11.3 Å². The molecule has 3 amide bonds. The van der Waals surface area contributed by atoms with E-state index < -0.39 is 17.5 Å². The van der Waals surface area contributed by atoms with Crippen molar-refractivity contribution in [2.24, 2.45) is 0 Å². The minimum atomic E-state index is -0.972. The highest BCUT2D eigenvalue weighted by molar-refractivity contribution is 7.14. The topological polar surface area (TPSA) is 164 Å². The lowest BCUT2D eigenvalue weighted by Gasteiger charge is -2.32. The van der Waals surface area contributed by atoms with E-state index in [2.05, 4.69) is 35.7 Å². The highest BCUT2D eigenvalue weighted by atomic mass is 32.1. The summed E-state index contributed by atoms with van der Waals surface area (Å²) in [5, 5.41) is 16.7. The lowest BCUT2D eigenvalue weighted by molar-refractivity contribution is -0.125. The van der Waals surface area contributed by atoms with E-state index in [1.165, 1.54) is 22.1 Å². The summed E-state index contributed by atoms with van der Waals surface area (Å²) in [7, 11) is 0. The molecule has 2 aromatic heterocycles. The molecule has 1 atom stereocenters. The van der Waals surface area contributed by atoms with Crippen molar-refractivity contribution in [3.63, 3.8) is 0 Å². The van der Waals surface area contributed by atoms with E-state index in [9.17, 15) is 28.0 Å². The summed E-state index contributed by atoms with van der Waals surface area (Å²) in [6.45, 7) is 11.4. The fourth-order valence-electron chi connectivity index (χ4n) is 5.81. The van der Waals surface area contributed by atoms with Crippen LogP contribution in [0.1, 0.15) is 32.7 Å². The first-order chi connectivity index (χ1) is 25.7. The maximum absolute atomic E-state index is 13.9. The molecule has 4 heterocycles. The maximum Gasteiger partial charge on any atom is 0.277 e. The Bertz CT molecular complexity index is 1910. The van der Waals surface area contributed by atoms with E-state index >= 15 is 0 Å². The Morgan fingerprint density at radius 3 is 2.58 bits per heavy atom. The number of fused-ring (bicyclic) bond motifs is 1. The van der Waals surface area contributed by atoms with Crippen molar-refractivity contribution in [3.05, 3.63) is 57.7 Å². The van der Waals surface area contributed by atoms with Gasteiger partial charge >= 0.3 is 0 Å². The average Bonchev–Trinajstić information content (AvgIpc) is 3.67. The molecular weight excluding hydrogens is 713 g/mol. The number of benzene rings is 2. The van der Waals surface area contributed by atoms with Gasteiger partial charge in [-0.15, -0.1) is 16.4 Å². The summed E-state index contributed by atoms with van der Waals surface area (Å²) in [4.78, 5) is 56.2. The summed E-state index contributed by atoms with van der Waals surface area (Å²) in [5.41, 5.74) is 2.10. The van der Waals surface area contributed by atoms with Crippen molar-refractivity contribution in [2.75, 3.05) is 82.4 Å². The van der Waals surface area contributed by atoms with E-state index in [1.807, 2.05) is 11.4 Å². The van der Waals surface area contributed by atoms with Gasteiger partial charge in [-0.1, -0.05) is 5.21 Å². The Morgan fingerprint density at radius 1 is 1.09 bits per heavy atom. The minimum absolute atomic E-state index is 0.0821. The fraction of sp³-hybridized carbons (Fsp3) is 0.457. The van der Waals surface area contributed by atoms with E-state index in [4.69, 9.17) is 9.47 Å². The Kier molecular flexibility index (Phi) is 14.1. The Morgan fingerprint density at radius 2 is 1.87 bits per heavy atom. The van der Waals surface area contributed by atoms with Crippen molar-refractivity contribution in [3.8, 4) is 17.0 Å². The van der Waals surface area contributed by atoms with Gasteiger partial charge < -0.3 is 24.6 Å². The number of aromatic nitrogens is 4. The van der Waals surface area contributed by atoms with Crippen LogP contribution in [0.25, 0.3) is 22.2 Å². The maximum atomic E-state index is 13.9. The number of thiazole rings is 1. The van der Waals surface area contributed by atoms with Gasteiger partial charge in [-0.3, -0.25) is 29.4 Å². The third-order valence-electron chi connectivity index (χ3n) is 8.81. The lowest BCUT2D eigenvalue weighted by Crippen LogP contribution is -2.46. The highest BCUT2D eigenvalue weighted by Gasteiger charge is 2.21. The highest BCUT2D eigenvalue weighted by Crippen LogP contribution is 2.36. The number of rotatable bonds is 14. The van der Waals surface area contributed by atoms with E-state index in [1.54, 1.807) is 30.9 Å². The third-order valence-corrected chi connectivity index (χ3v) is 9.71. The number of carbonyl (C=O) groups excluding carboxylic acids is 3. The van der Waals surface area contributed by atoms with Crippen LogP contribution in [0.2, 0.25) is 0 Å². The second kappa shape index (κ2) is 19.1. The molecule has 1 unspecified atom stereocenters. The SMILES string of the molecule is CC(CCC(=O)NC=O)n1nnc2ccc(NCCN3CCN(C=O)CC3)cc2c1=O.CCOc1c(-c2csc(N3CCOCC3)n2)ccc(F)c1F. The van der Waals surface area contributed by atoms with Crippen LogP contribution in [0.4, 0.5) is 19.6 Å². The number of imide groups is 1. The minimum Gasteiger partial charge on any atom is -0.490 e. The van der Waals surface area contributed by atoms with Crippen LogP contribution in [0.3, 0.4) is 0 Å². The number of anilines is 2. The van der Waals surface area contributed by atoms with Gasteiger partial charge in [0.15, 0.2) is 16.7 Å². The number of piperazine rings is 1. The normalized spacial score (nSPS) is 15.3. The molecule has 15 nitrogen and oxygen atoms in total. The van der Waals surface area contributed by atoms with Gasteiger partial charge in [0.2, 0.25) is 24.5 Å². The number of morpholine rings is 1. The molecule has 6 rings (SSSR count). The zero-order valence-corrected chi connectivity index (χ0v) is 30.4. The zero-order valence-electron chi connectivity index (χ0n) is 29.6. The van der Waals surface area contributed by atoms with Crippen LogP contribution in [0, 0.1) is 11.6 Å². The number of nitrogens with zero attached hydrogens (tertiary/aromatic N) is 7. The van der Waals surface area contributed by atoms with Gasteiger partial charge in [0.05, 0.1) is 36.9 Å². The first-order valence-electron chi connectivity index (χ1n) is 17.4. The molecule has 2 saturated heterocycles.